The standard InChI is InChI=1S/C17H22O2/c1-10(2)14-6-5-11(3)7-15(14)17-12(4)8-13(18)9-16(17)19/h7-9,14-15,18-19H,1,5-6H2,2-4H3/t14-,15+/m0/s1. The molecule has 1 aromatic carbocycles. The van der Waals surface area contributed by atoms with Crippen molar-refractivity contribution in [3.63, 3.8) is 0 Å². The van der Waals surface area contributed by atoms with Gasteiger partial charge in [-0.1, -0.05) is 23.8 Å². The summed E-state index contributed by atoms with van der Waals surface area (Å²) in [4.78, 5) is 0. The minimum atomic E-state index is 0.113. The van der Waals surface area contributed by atoms with Crippen molar-refractivity contribution in [2.45, 2.75) is 39.5 Å². The van der Waals surface area contributed by atoms with Gasteiger partial charge in [0.1, 0.15) is 11.5 Å². The molecule has 102 valence electrons. The molecule has 0 saturated carbocycles. The van der Waals surface area contributed by atoms with Crippen molar-refractivity contribution in [3.05, 3.63) is 47.1 Å². The van der Waals surface area contributed by atoms with Crippen molar-refractivity contribution in [3.8, 4) is 11.5 Å². The number of phenolic OH excluding ortho intramolecular Hbond substituents is 2. The lowest BCUT2D eigenvalue weighted by Gasteiger charge is -2.32. The van der Waals surface area contributed by atoms with Crippen LogP contribution in [0.15, 0.2) is 35.9 Å². The lowest BCUT2D eigenvalue weighted by atomic mass is 9.73. The highest BCUT2D eigenvalue weighted by molar-refractivity contribution is 5.49. The average Bonchev–Trinajstić information content (AvgIpc) is 2.27. The second kappa shape index (κ2) is 5.12. The van der Waals surface area contributed by atoms with E-state index in [2.05, 4.69) is 26.5 Å². The van der Waals surface area contributed by atoms with Crippen molar-refractivity contribution in [2.75, 3.05) is 0 Å². The molecule has 0 aromatic heterocycles. The van der Waals surface area contributed by atoms with E-state index in [0.29, 0.717) is 5.92 Å². The fourth-order valence-electron chi connectivity index (χ4n) is 3.10. The third-order valence-corrected chi connectivity index (χ3v) is 4.06. The van der Waals surface area contributed by atoms with Crippen molar-refractivity contribution < 1.29 is 10.2 Å². The van der Waals surface area contributed by atoms with Gasteiger partial charge >= 0.3 is 0 Å². The zero-order valence-electron chi connectivity index (χ0n) is 11.9. The first-order valence-electron chi connectivity index (χ1n) is 6.75. The zero-order chi connectivity index (χ0) is 14.2. The Bertz CT molecular complexity index is 517. The summed E-state index contributed by atoms with van der Waals surface area (Å²) in [7, 11) is 0. The summed E-state index contributed by atoms with van der Waals surface area (Å²) in [6.07, 6.45) is 4.40. The molecule has 2 heteroatoms. The highest BCUT2D eigenvalue weighted by atomic mass is 16.3. The summed E-state index contributed by atoms with van der Waals surface area (Å²) in [6.45, 7) is 10.2. The number of aryl methyl sites for hydroxylation is 1. The van der Waals surface area contributed by atoms with E-state index >= 15 is 0 Å². The van der Waals surface area contributed by atoms with Gasteiger partial charge < -0.3 is 10.2 Å². The van der Waals surface area contributed by atoms with Gasteiger partial charge in [-0.25, -0.2) is 0 Å². The summed E-state index contributed by atoms with van der Waals surface area (Å²) in [5.41, 5.74) is 4.36. The molecular weight excluding hydrogens is 236 g/mol. The van der Waals surface area contributed by atoms with E-state index in [-0.39, 0.29) is 17.4 Å². The lowest BCUT2D eigenvalue weighted by Crippen LogP contribution is -2.17. The third-order valence-electron chi connectivity index (χ3n) is 4.06. The highest BCUT2D eigenvalue weighted by Gasteiger charge is 2.28. The maximum Gasteiger partial charge on any atom is 0.123 e. The number of allylic oxidation sites excluding steroid dienone is 3. The molecular formula is C17H22O2. The van der Waals surface area contributed by atoms with Crippen LogP contribution in [-0.2, 0) is 0 Å². The zero-order valence-corrected chi connectivity index (χ0v) is 11.9. The molecule has 0 radical (unpaired) electrons. The Labute approximate surface area is 115 Å². The largest absolute Gasteiger partial charge is 0.508 e. The van der Waals surface area contributed by atoms with Crippen LogP contribution >= 0.6 is 0 Å². The number of benzene rings is 1. The highest BCUT2D eigenvalue weighted by Crippen LogP contribution is 2.44. The van der Waals surface area contributed by atoms with E-state index in [9.17, 15) is 10.2 Å². The average molecular weight is 258 g/mol. The number of aromatic hydroxyl groups is 2. The SMILES string of the molecule is C=C(C)[C@@H]1CCC(C)=C[C@H]1c1c(C)cc(O)cc1O. The Morgan fingerprint density at radius 2 is 1.95 bits per heavy atom. The van der Waals surface area contributed by atoms with E-state index in [1.165, 1.54) is 11.6 Å². The number of phenols is 2. The molecule has 0 saturated heterocycles. The van der Waals surface area contributed by atoms with Crippen LogP contribution in [0.3, 0.4) is 0 Å². The normalized spacial score (nSPS) is 23.0. The van der Waals surface area contributed by atoms with Crippen molar-refractivity contribution in [1.29, 1.82) is 0 Å². The molecule has 2 nitrogen and oxygen atoms in total. The predicted molar refractivity (Wildman–Crippen MR) is 78.5 cm³/mol. The van der Waals surface area contributed by atoms with Gasteiger partial charge in [-0.3, -0.25) is 0 Å². The van der Waals surface area contributed by atoms with Crippen LogP contribution in [0.4, 0.5) is 0 Å². The Hall–Kier alpha value is -1.70. The molecule has 0 aliphatic heterocycles. The summed E-state index contributed by atoms with van der Waals surface area (Å²) in [5, 5.41) is 19.7. The number of hydrogen-bond donors (Lipinski definition) is 2. The van der Waals surface area contributed by atoms with Gasteiger partial charge in [-0.05, 0) is 51.2 Å². The minimum absolute atomic E-state index is 0.113. The van der Waals surface area contributed by atoms with Crippen LogP contribution in [0.1, 0.15) is 43.7 Å². The molecule has 0 spiro atoms. The van der Waals surface area contributed by atoms with Crippen molar-refractivity contribution >= 4 is 0 Å². The summed E-state index contributed by atoms with van der Waals surface area (Å²) < 4.78 is 0. The van der Waals surface area contributed by atoms with Gasteiger partial charge in [0.25, 0.3) is 0 Å². The monoisotopic (exact) mass is 258 g/mol. The Kier molecular flexibility index (Phi) is 3.70. The minimum Gasteiger partial charge on any atom is -0.508 e. The molecule has 1 aliphatic carbocycles. The van der Waals surface area contributed by atoms with E-state index in [1.54, 1.807) is 6.07 Å². The smallest absolute Gasteiger partial charge is 0.123 e. The fraction of sp³-hybridized carbons (Fsp3) is 0.412. The van der Waals surface area contributed by atoms with Crippen LogP contribution in [0.2, 0.25) is 0 Å². The van der Waals surface area contributed by atoms with E-state index in [0.717, 1.165) is 29.5 Å². The van der Waals surface area contributed by atoms with Crippen LogP contribution in [0.5, 0.6) is 11.5 Å². The first-order valence-corrected chi connectivity index (χ1v) is 6.75. The van der Waals surface area contributed by atoms with Crippen molar-refractivity contribution in [2.24, 2.45) is 5.92 Å². The first-order chi connectivity index (χ1) is 8.90. The topological polar surface area (TPSA) is 40.5 Å². The molecule has 2 N–H and O–H groups in total. The van der Waals surface area contributed by atoms with Crippen molar-refractivity contribution in [1.82, 2.24) is 0 Å². The van der Waals surface area contributed by atoms with E-state index in [1.807, 2.05) is 6.92 Å². The Balaban J connectivity index is 2.54. The number of rotatable bonds is 2. The first kappa shape index (κ1) is 13.7. The molecule has 2 rings (SSSR count). The molecule has 0 unspecified atom stereocenters. The fourth-order valence-corrected chi connectivity index (χ4v) is 3.10. The molecule has 0 heterocycles. The predicted octanol–water partition coefficient (Wildman–Crippen LogP) is 4.42. The van der Waals surface area contributed by atoms with Gasteiger partial charge in [0.15, 0.2) is 0 Å². The summed E-state index contributed by atoms with van der Waals surface area (Å²) in [5.74, 6) is 0.812. The second-order valence-corrected chi connectivity index (χ2v) is 5.73. The quantitative estimate of drug-likeness (QED) is 0.771. The van der Waals surface area contributed by atoms with Crippen LogP contribution < -0.4 is 0 Å². The van der Waals surface area contributed by atoms with Gasteiger partial charge in [0.05, 0.1) is 0 Å². The van der Waals surface area contributed by atoms with Gasteiger partial charge in [0.2, 0.25) is 0 Å². The molecule has 19 heavy (non-hydrogen) atoms. The molecule has 2 atom stereocenters. The maximum absolute atomic E-state index is 10.2. The summed E-state index contributed by atoms with van der Waals surface area (Å²) in [6, 6.07) is 3.14. The molecule has 0 bridgehead atoms. The molecule has 0 fully saturated rings. The van der Waals surface area contributed by atoms with Gasteiger partial charge in [-0.15, -0.1) is 0 Å². The Morgan fingerprint density at radius 3 is 2.53 bits per heavy atom. The molecule has 1 aliphatic rings. The summed E-state index contributed by atoms with van der Waals surface area (Å²) >= 11 is 0. The lowest BCUT2D eigenvalue weighted by molar-refractivity contribution is 0.424. The van der Waals surface area contributed by atoms with Crippen LogP contribution in [0.25, 0.3) is 0 Å². The number of hydrogen-bond acceptors (Lipinski definition) is 2. The van der Waals surface area contributed by atoms with E-state index < -0.39 is 0 Å². The van der Waals surface area contributed by atoms with Crippen LogP contribution in [-0.4, -0.2) is 10.2 Å². The van der Waals surface area contributed by atoms with E-state index in [4.69, 9.17) is 0 Å². The Morgan fingerprint density at radius 1 is 1.26 bits per heavy atom. The maximum atomic E-state index is 10.2. The van der Waals surface area contributed by atoms with Gasteiger partial charge in [-0.2, -0.15) is 0 Å². The molecule has 0 amide bonds. The third kappa shape index (κ3) is 2.67. The van der Waals surface area contributed by atoms with Gasteiger partial charge in [0, 0.05) is 17.5 Å². The second-order valence-electron chi connectivity index (χ2n) is 5.73. The molecule has 1 aromatic rings. The van der Waals surface area contributed by atoms with Crippen LogP contribution in [0, 0.1) is 12.8 Å².